The van der Waals surface area contributed by atoms with Gasteiger partial charge in [0, 0.05) is 18.9 Å². The first-order valence-electron chi connectivity index (χ1n) is 11.3. The number of halogens is 1. The number of carbonyl (C=O) groups excluding carboxylic acids is 1. The molecule has 1 amide bonds. The number of carbonyl (C=O) groups is 1. The minimum absolute atomic E-state index is 0.0747. The Kier molecular flexibility index (Phi) is 8.47. The summed E-state index contributed by atoms with van der Waals surface area (Å²) in [4.78, 5) is 12.8. The van der Waals surface area contributed by atoms with Crippen LogP contribution in [-0.2, 0) is 11.3 Å². The van der Waals surface area contributed by atoms with Crippen molar-refractivity contribution in [3.8, 4) is 11.5 Å². The van der Waals surface area contributed by atoms with Gasteiger partial charge in [-0.15, -0.1) is 0 Å². The molecule has 3 aromatic carbocycles. The van der Waals surface area contributed by atoms with Gasteiger partial charge in [-0.2, -0.15) is 0 Å². The molecule has 0 bridgehead atoms. The van der Waals surface area contributed by atoms with Crippen molar-refractivity contribution >= 4 is 5.91 Å². The molecule has 0 saturated carbocycles. The topological polar surface area (TPSA) is 47.6 Å². The summed E-state index contributed by atoms with van der Waals surface area (Å²) in [6.45, 7) is 8.35. The van der Waals surface area contributed by atoms with E-state index in [9.17, 15) is 9.18 Å². The molecule has 4 nitrogen and oxygen atoms in total. The average molecular weight is 450 g/mol. The van der Waals surface area contributed by atoms with E-state index in [2.05, 4.69) is 5.32 Å². The van der Waals surface area contributed by atoms with Gasteiger partial charge in [-0.05, 0) is 80.8 Å². The number of rotatable bonds is 10. The van der Waals surface area contributed by atoms with Crippen LogP contribution in [0, 0.1) is 5.82 Å². The van der Waals surface area contributed by atoms with E-state index < -0.39 is 0 Å². The molecule has 0 aliphatic rings. The molecule has 0 aliphatic carbocycles. The molecule has 0 heterocycles. The van der Waals surface area contributed by atoms with E-state index in [0.717, 1.165) is 28.2 Å². The summed E-state index contributed by atoms with van der Waals surface area (Å²) in [5.74, 6) is 1.02. The van der Waals surface area contributed by atoms with Gasteiger partial charge in [0.25, 0.3) is 0 Å². The molecule has 174 valence electrons. The second-order valence-corrected chi connectivity index (χ2v) is 8.63. The van der Waals surface area contributed by atoms with Gasteiger partial charge in [0.2, 0.25) is 5.91 Å². The zero-order valence-electron chi connectivity index (χ0n) is 19.7. The van der Waals surface area contributed by atoms with Crippen molar-refractivity contribution in [2.24, 2.45) is 0 Å². The van der Waals surface area contributed by atoms with Crippen molar-refractivity contribution < 1.29 is 18.7 Å². The lowest BCUT2D eigenvalue weighted by Crippen LogP contribution is -2.25. The van der Waals surface area contributed by atoms with Gasteiger partial charge in [-0.3, -0.25) is 4.79 Å². The Morgan fingerprint density at radius 2 is 1.21 bits per heavy atom. The Bertz CT molecular complexity index is 1010. The third-order valence-electron chi connectivity index (χ3n) is 5.10. The summed E-state index contributed by atoms with van der Waals surface area (Å²) in [6, 6.07) is 21.8. The van der Waals surface area contributed by atoms with Crippen molar-refractivity contribution in [2.45, 2.75) is 58.8 Å². The molecule has 1 atom stereocenters. The number of amides is 1. The van der Waals surface area contributed by atoms with Crippen LogP contribution in [0.3, 0.4) is 0 Å². The Morgan fingerprint density at radius 3 is 1.70 bits per heavy atom. The van der Waals surface area contributed by atoms with Gasteiger partial charge >= 0.3 is 0 Å². The van der Waals surface area contributed by atoms with E-state index in [0.29, 0.717) is 6.54 Å². The fourth-order valence-electron chi connectivity index (χ4n) is 3.59. The molecule has 1 unspecified atom stereocenters. The molecule has 0 radical (unpaired) electrons. The molecule has 33 heavy (non-hydrogen) atoms. The molecule has 3 rings (SSSR count). The Balaban J connectivity index is 1.69. The summed E-state index contributed by atoms with van der Waals surface area (Å²) in [7, 11) is 0. The monoisotopic (exact) mass is 449 g/mol. The highest BCUT2D eigenvalue weighted by Crippen LogP contribution is 2.30. The lowest BCUT2D eigenvalue weighted by atomic mass is 9.88. The highest BCUT2D eigenvalue weighted by atomic mass is 19.1. The van der Waals surface area contributed by atoms with Crippen molar-refractivity contribution in [3.05, 3.63) is 95.3 Å². The lowest BCUT2D eigenvalue weighted by molar-refractivity contribution is -0.121. The molecule has 0 spiro atoms. The minimum Gasteiger partial charge on any atom is -0.491 e. The van der Waals surface area contributed by atoms with Crippen LogP contribution in [0.25, 0.3) is 0 Å². The first kappa shape index (κ1) is 24.3. The van der Waals surface area contributed by atoms with E-state index in [-0.39, 0.29) is 36.3 Å². The van der Waals surface area contributed by atoms with Crippen molar-refractivity contribution in [1.29, 1.82) is 0 Å². The highest BCUT2D eigenvalue weighted by molar-refractivity contribution is 5.77. The van der Waals surface area contributed by atoms with Crippen LogP contribution in [0.2, 0.25) is 0 Å². The molecule has 5 heteroatoms. The second kappa shape index (κ2) is 11.5. The Morgan fingerprint density at radius 1 is 0.758 bits per heavy atom. The second-order valence-electron chi connectivity index (χ2n) is 8.63. The molecule has 0 saturated heterocycles. The van der Waals surface area contributed by atoms with Crippen molar-refractivity contribution in [1.82, 2.24) is 5.32 Å². The molecule has 3 aromatic rings. The quantitative estimate of drug-likeness (QED) is 0.399. The Labute approximate surface area is 195 Å². The summed E-state index contributed by atoms with van der Waals surface area (Å²) < 4.78 is 24.9. The Hall–Kier alpha value is -3.34. The van der Waals surface area contributed by atoms with Crippen LogP contribution in [-0.4, -0.2) is 18.1 Å². The molecular weight excluding hydrogens is 417 g/mol. The largest absolute Gasteiger partial charge is 0.491 e. The number of benzene rings is 3. The van der Waals surface area contributed by atoms with Gasteiger partial charge in [0.05, 0.1) is 12.2 Å². The van der Waals surface area contributed by atoms with Gasteiger partial charge in [0.1, 0.15) is 17.3 Å². The zero-order chi connectivity index (χ0) is 23.8. The van der Waals surface area contributed by atoms with Crippen LogP contribution in [0.15, 0.2) is 72.8 Å². The molecule has 0 aromatic heterocycles. The van der Waals surface area contributed by atoms with Gasteiger partial charge in [-0.25, -0.2) is 4.39 Å². The van der Waals surface area contributed by atoms with E-state index in [1.165, 1.54) is 12.1 Å². The van der Waals surface area contributed by atoms with Crippen LogP contribution in [0.1, 0.15) is 56.7 Å². The maximum Gasteiger partial charge on any atom is 0.221 e. The van der Waals surface area contributed by atoms with Crippen LogP contribution in [0.5, 0.6) is 11.5 Å². The van der Waals surface area contributed by atoms with Gasteiger partial charge < -0.3 is 14.8 Å². The molecule has 0 aliphatic heterocycles. The maximum absolute atomic E-state index is 13.5. The average Bonchev–Trinajstić information content (AvgIpc) is 2.78. The summed E-state index contributed by atoms with van der Waals surface area (Å²) in [5.41, 5.74) is 2.86. The predicted molar refractivity (Wildman–Crippen MR) is 129 cm³/mol. The highest BCUT2D eigenvalue weighted by Gasteiger charge is 2.19. The third-order valence-corrected chi connectivity index (χ3v) is 5.10. The molecular formula is C28H32FNO3. The first-order valence-corrected chi connectivity index (χ1v) is 11.3. The maximum atomic E-state index is 13.5. The number of hydrogen-bond acceptors (Lipinski definition) is 3. The van der Waals surface area contributed by atoms with Crippen LogP contribution in [0.4, 0.5) is 4.39 Å². The summed E-state index contributed by atoms with van der Waals surface area (Å²) in [6.07, 6.45) is 0.454. The van der Waals surface area contributed by atoms with E-state index in [4.69, 9.17) is 9.47 Å². The SMILES string of the molecule is CC(C)Oc1ccc(CNC(=O)CC(c2ccc(F)cc2)c2ccc(OC(C)C)cc2)cc1. The van der Waals surface area contributed by atoms with Crippen LogP contribution < -0.4 is 14.8 Å². The number of nitrogens with one attached hydrogen (secondary N) is 1. The number of hydrogen-bond donors (Lipinski definition) is 1. The number of ether oxygens (including phenoxy) is 2. The fraction of sp³-hybridized carbons (Fsp3) is 0.321. The smallest absolute Gasteiger partial charge is 0.221 e. The minimum atomic E-state index is -0.299. The van der Waals surface area contributed by atoms with Gasteiger partial charge in [-0.1, -0.05) is 36.4 Å². The lowest BCUT2D eigenvalue weighted by Gasteiger charge is -2.19. The van der Waals surface area contributed by atoms with E-state index >= 15 is 0 Å². The van der Waals surface area contributed by atoms with E-state index in [1.807, 2.05) is 76.2 Å². The zero-order valence-corrected chi connectivity index (χ0v) is 19.7. The van der Waals surface area contributed by atoms with E-state index in [1.54, 1.807) is 12.1 Å². The van der Waals surface area contributed by atoms with Crippen molar-refractivity contribution in [3.63, 3.8) is 0 Å². The fourth-order valence-corrected chi connectivity index (χ4v) is 3.59. The summed E-state index contributed by atoms with van der Waals surface area (Å²) in [5, 5.41) is 3.00. The molecule has 1 N–H and O–H groups in total. The predicted octanol–water partition coefficient (Wildman–Crippen LogP) is 6.24. The normalized spacial score (nSPS) is 12.0. The van der Waals surface area contributed by atoms with Crippen LogP contribution >= 0.6 is 0 Å². The standard InChI is InChI=1S/C28H32FNO3/c1-19(2)32-25-13-5-21(6-14-25)18-30-28(31)17-27(22-7-11-24(29)12-8-22)23-9-15-26(16-10-23)33-20(3)4/h5-16,19-20,27H,17-18H2,1-4H3,(H,30,31). The third kappa shape index (κ3) is 7.63. The summed E-state index contributed by atoms with van der Waals surface area (Å²) >= 11 is 0. The van der Waals surface area contributed by atoms with Crippen molar-refractivity contribution in [2.75, 3.05) is 0 Å². The van der Waals surface area contributed by atoms with Gasteiger partial charge in [0.15, 0.2) is 0 Å². The first-order chi connectivity index (χ1) is 15.8. The molecule has 0 fully saturated rings.